The predicted molar refractivity (Wildman–Crippen MR) is 136 cm³/mol. The number of hydrogen-bond donors (Lipinski definition) is 3. The van der Waals surface area contributed by atoms with Gasteiger partial charge in [0.2, 0.25) is 0 Å². The van der Waals surface area contributed by atoms with Crippen LogP contribution in [0.15, 0.2) is 42.5 Å². The third kappa shape index (κ3) is 7.10. The first-order valence-corrected chi connectivity index (χ1v) is 12.7. The molecule has 3 N–H and O–H groups in total. The van der Waals surface area contributed by atoms with Crippen LogP contribution < -0.4 is 10.6 Å². The van der Waals surface area contributed by atoms with Gasteiger partial charge in [0.15, 0.2) is 0 Å². The number of aliphatic hydroxyl groups is 1. The summed E-state index contributed by atoms with van der Waals surface area (Å²) in [7, 11) is 0. The number of aliphatic hydroxyl groups excluding tert-OH is 1. The number of halogens is 2. The van der Waals surface area contributed by atoms with Crippen molar-refractivity contribution in [1.82, 2.24) is 10.6 Å². The molecule has 2 aromatic rings. The van der Waals surface area contributed by atoms with Crippen molar-refractivity contribution in [3.05, 3.63) is 70.8 Å². The minimum absolute atomic E-state index is 0.0674. The molecule has 0 aliphatic heterocycles. The lowest BCUT2D eigenvalue weighted by molar-refractivity contribution is 0.100. The van der Waals surface area contributed by atoms with Crippen LogP contribution in [0.4, 0.5) is 8.78 Å². The van der Waals surface area contributed by atoms with E-state index in [0.29, 0.717) is 18.5 Å². The van der Waals surface area contributed by atoms with Crippen LogP contribution >= 0.6 is 0 Å². The van der Waals surface area contributed by atoms with Crippen molar-refractivity contribution >= 4 is 0 Å². The van der Waals surface area contributed by atoms with Gasteiger partial charge in [0.1, 0.15) is 11.6 Å². The summed E-state index contributed by atoms with van der Waals surface area (Å²) in [5, 5.41) is 18.4. The van der Waals surface area contributed by atoms with Crippen LogP contribution in [0.3, 0.4) is 0 Å². The fourth-order valence-electron chi connectivity index (χ4n) is 5.17. The van der Waals surface area contributed by atoms with Crippen LogP contribution in [-0.4, -0.2) is 29.8 Å². The van der Waals surface area contributed by atoms with Crippen LogP contribution in [0.5, 0.6) is 0 Å². The summed E-state index contributed by atoms with van der Waals surface area (Å²) in [4.78, 5) is 0. The van der Waals surface area contributed by atoms with Gasteiger partial charge in [0, 0.05) is 30.2 Å². The molecule has 188 valence electrons. The van der Waals surface area contributed by atoms with Gasteiger partial charge in [-0.3, -0.25) is 0 Å². The zero-order valence-corrected chi connectivity index (χ0v) is 21.4. The van der Waals surface area contributed by atoms with Crippen LogP contribution in [-0.2, 0) is 17.4 Å². The molecule has 34 heavy (non-hydrogen) atoms. The maximum absolute atomic E-state index is 13.8. The van der Waals surface area contributed by atoms with Gasteiger partial charge in [-0.1, -0.05) is 78.1 Å². The summed E-state index contributed by atoms with van der Waals surface area (Å²) in [5.74, 6) is -1.18. The second-order valence-corrected chi connectivity index (χ2v) is 11.3. The van der Waals surface area contributed by atoms with Crippen LogP contribution in [0.2, 0.25) is 0 Å². The fourth-order valence-corrected chi connectivity index (χ4v) is 5.17. The number of nitrogens with one attached hydrogen (secondary N) is 2. The average Bonchev–Trinajstić information content (AvgIpc) is 2.76. The lowest BCUT2D eigenvalue weighted by Gasteiger charge is -2.41. The van der Waals surface area contributed by atoms with Gasteiger partial charge in [-0.05, 0) is 53.5 Å². The molecule has 1 saturated carbocycles. The Bertz CT molecular complexity index is 912. The minimum Gasteiger partial charge on any atom is -0.390 e. The molecule has 1 fully saturated rings. The largest absolute Gasteiger partial charge is 0.390 e. The summed E-state index contributed by atoms with van der Waals surface area (Å²) >= 11 is 0. The van der Waals surface area contributed by atoms with Crippen molar-refractivity contribution in [2.75, 3.05) is 6.54 Å². The first-order chi connectivity index (χ1) is 16.0. The lowest BCUT2D eigenvalue weighted by Crippen LogP contribution is -2.53. The van der Waals surface area contributed by atoms with E-state index >= 15 is 0 Å². The predicted octanol–water partition coefficient (Wildman–Crippen LogP) is 5.98. The summed E-state index contributed by atoms with van der Waals surface area (Å²) in [6.07, 6.45) is 5.24. The van der Waals surface area contributed by atoms with Crippen molar-refractivity contribution in [2.45, 2.75) is 102 Å². The Morgan fingerprint density at radius 2 is 1.62 bits per heavy atom. The third-order valence-corrected chi connectivity index (χ3v) is 7.03. The summed E-state index contributed by atoms with van der Waals surface area (Å²) in [5.41, 5.74) is 3.03. The van der Waals surface area contributed by atoms with E-state index in [2.05, 4.69) is 55.7 Å². The first-order valence-electron chi connectivity index (χ1n) is 12.7. The third-order valence-electron chi connectivity index (χ3n) is 7.03. The molecule has 0 heterocycles. The maximum Gasteiger partial charge on any atom is 0.126 e. The van der Waals surface area contributed by atoms with E-state index in [1.54, 1.807) is 0 Å². The lowest BCUT2D eigenvalue weighted by atomic mass is 9.74. The molecule has 0 amide bonds. The molecule has 1 aliphatic carbocycles. The summed E-state index contributed by atoms with van der Waals surface area (Å²) in [6, 6.07) is 12.2. The average molecular weight is 473 g/mol. The molecule has 5 heteroatoms. The van der Waals surface area contributed by atoms with Crippen molar-refractivity contribution in [1.29, 1.82) is 0 Å². The molecule has 2 aromatic carbocycles. The molecular formula is C29H42F2N2O. The maximum atomic E-state index is 13.8. The van der Waals surface area contributed by atoms with Crippen molar-refractivity contribution in [2.24, 2.45) is 0 Å². The van der Waals surface area contributed by atoms with Gasteiger partial charge in [0.05, 0.1) is 6.10 Å². The fraction of sp³-hybridized carbons (Fsp3) is 0.586. The second-order valence-electron chi connectivity index (χ2n) is 11.3. The monoisotopic (exact) mass is 472 g/mol. The van der Waals surface area contributed by atoms with E-state index in [0.717, 1.165) is 31.7 Å². The van der Waals surface area contributed by atoms with Gasteiger partial charge >= 0.3 is 0 Å². The Morgan fingerprint density at radius 3 is 2.21 bits per heavy atom. The van der Waals surface area contributed by atoms with E-state index in [1.165, 1.54) is 29.7 Å². The molecule has 1 aliphatic rings. The molecule has 2 atom stereocenters. The normalized spacial score (nSPS) is 18.1. The van der Waals surface area contributed by atoms with Gasteiger partial charge in [0.25, 0.3) is 0 Å². The Labute approximate surface area is 204 Å². The highest BCUT2D eigenvalue weighted by molar-refractivity contribution is 5.34. The molecule has 3 rings (SSSR count). The van der Waals surface area contributed by atoms with Crippen LogP contribution in [0, 0.1) is 11.6 Å². The van der Waals surface area contributed by atoms with Crippen LogP contribution in [0.25, 0.3) is 0 Å². The van der Waals surface area contributed by atoms with Crippen molar-refractivity contribution in [3.63, 3.8) is 0 Å². The quantitative estimate of drug-likeness (QED) is 0.421. The van der Waals surface area contributed by atoms with Gasteiger partial charge in [-0.15, -0.1) is 0 Å². The standard InChI is InChI=1S/C29H42F2N2O/c1-20(2)33-26(16-21-14-24(30)18-25(31)15-21)27(34)19-32-29(12-7-6-8-13-29)23-11-9-10-22(17-23)28(3,4)5/h9-11,14-15,17-18,20,26-27,32-34H,6-8,12-13,16,19H2,1-5H3/t26-,27+/m0/s1. The molecule has 0 saturated heterocycles. The molecule has 0 radical (unpaired) electrons. The molecule has 0 bridgehead atoms. The highest BCUT2D eigenvalue weighted by Gasteiger charge is 2.35. The number of rotatable bonds is 9. The van der Waals surface area contributed by atoms with E-state index in [1.807, 2.05) is 13.8 Å². The van der Waals surface area contributed by atoms with Crippen LogP contribution in [0.1, 0.15) is 83.4 Å². The van der Waals surface area contributed by atoms with Crippen molar-refractivity contribution < 1.29 is 13.9 Å². The van der Waals surface area contributed by atoms with Crippen molar-refractivity contribution in [3.8, 4) is 0 Å². The van der Waals surface area contributed by atoms with Gasteiger partial charge in [-0.2, -0.15) is 0 Å². The highest BCUT2D eigenvalue weighted by atomic mass is 19.1. The number of benzene rings is 2. The smallest absolute Gasteiger partial charge is 0.126 e. The number of hydrogen-bond acceptors (Lipinski definition) is 3. The van der Waals surface area contributed by atoms with Gasteiger partial charge < -0.3 is 15.7 Å². The Kier molecular flexibility index (Phi) is 8.88. The van der Waals surface area contributed by atoms with Gasteiger partial charge in [-0.25, -0.2) is 8.78 Å². The molecule has 0 aromatic heterocycles. The molecule has 0 unspecified atom stereocenters. The Balaban J connectivity index is 1.80. The van der Waals surface area contributed by atoms with E-state index in [4.69, 9.17) is 0 Å². The first kappa shape index (κ1) is 26.8. The Morgan fingerprint density at radius 1 is 0.971 bits per heavy atom. The SMILES string of the molecule is CC(C)N[C@@H](Cc1cc(F)cc(F)c1)[C@H](O)CNC1(c2cccc(C(C)(C)C)c2)CCCCC1. The molecule has 0 spiro atoms. The molecule has 3 nitrogen and oxygen atoms in total. The summed E-state index contributed by atoms with van der Waals surface area (Å²) < 4.78 is 27.5. The topological polar surface area (TPSA) is 44.3 Å². The zero-order chi connectivity index (χ0) is 24.9. The summed E-state index contributed by atoms with van der Waals surface area (Å²) in [6.45, 7) is 11.1. The highest BCUT2D eigenvalue weighted by Crippen LogP contribution is 2.38. The minimum atomic E-state index is -0.710. The van der Waals surface area contributed by atoms with E-state index in [-0.39, 0.29) is 23.0 Å². The Hall–Kier alpha value is -1.82. The van der Waals surface area contributed by atoms with E-state index in [9.17, 15) is 13.9 Å². The molecular weight excluding hydrogens is 430 g/mol. The zero-order valence-electron chi connectivity index (χ0n) is 21.4. The van der Waals surface area contributed by atoms with E-state index < -0.39 is 17.7 Å². The second kappa shape index (κ2) is 11.3.